The monoisotopic (exact) mass is 311 g/mol. The molecule has 1 atom stereocenters. The van der Waals surface area contributed by atoms with Crippen molar-refractivity contribution in [1.82, 2.24) is 5.32 Å². The molecule has 1 aromatic heterocycles. The Balaban J connectivity index is 1.77. The third-order valence-electron chi connectivity index (χ3n) is 2.55. The molecule has 1 heterocycles. The summed E-state index contributed by atoms with van der Waals surface area (Å²) >= 11 is 5.85. The molecule has 0 aliphatic rings. The van der Waals surface area contributed by atoms with Gasteiger partial charge in [-0.2, -0.15) is 0 Å². The van der Waals surface area contributed by atoms with Gasteiger partial charge in [-0.1, -0.05) is 23.7 Å². The maximum atomic E-state index is 11.9. The van der Waals surface area contributed by atoms with Crippen LogP contribution in [0.2, 0.25) is 5.02 Å². The molecule has 2 rings (SSSR count). The van der Waals surface area contributed by atoms with E-state index < -0.39 is 10.8 Å². The molecule has 2 aromatic rings. The zero-order chi connectivity index (χ0) is 14.4. The molecule has 106 valence electrons. The number of carbonyl (C=O) groups excluding carboxylic acids is 1. The number of furan rings is 1. The van der Waals surface area contributed by atoms with Gasteiger partial charge < -0.3 is 9.73 Å². The van der Waals surface area contributed by atoms with Crippen LogP contribution in [0.15, 0.2) is 47.1 Å². The van der Waals surface area contributed by atoms with Gasteiger partial charge >= 0.3 is 0 Å². The van der Waals surface area contributed by atoms with Crippen LogP contribution in [0.3, 0.4) is 0 Å². The molecule has 20 heavy (non-hydrogen) atoms. The van der Waals surface area contributed by atoms with Crippen LogP contribution in [0.4, 0.5) is 0 Å². The zero-order valence-electron chi connectivity index (χ0n) is 10.7. The number of nitrogens with one attached hydrogen (secondary N) is 1. The molecule has 0 bridgehead atoms. The molecule has 0 unspecified atom stereocenters. The Labute approximate surface area is 124 Å². The van der Waals surface area contributed by atoms with E-state index in [1.807, 2.05) is 6.07 Å². The molecular formula is C14H14ClNO3S. The Morgan fingerprint density at radius 3 is 2.85 bits per heavy atom. The SMILES string of the molecule is O=C(C[S@](=O)Cc1cccc(Cl)c1)NCc1ccco1. The molecule has 6 heteroatoms. The zero-order valence-corrected chi connectivity index (χ0v) is 12.2. The first-order chi connectivity index (χ1) is 9.63. The molecule has 0 saturated carbocycles. The molecule has 0 saturated heterocycles. The predicted molar refractivity (Wildman–Crippen MR) is 78.7 cm³/mol. The first kappa shape index (κ1) is 14.8. The minimum absolute atomic E-state index is 0.0345. The molecule has 0 fully saturated rings. The number of rotatable bonds is 6. The third-order valence-corrected chi connectivity index (χ3v) is 4.02. The highest BCUT2D eigenvalue weighted by molar-refractivity contribution is 7.84. The Kier molecular flexibility index (Phi) is 5.38. The quantitative estimate of drug-likeness (QED) is 0.891. The molecule has 4 nitrogen and oxygen atoms in total. The van der Waals surface area contributed by atoms with Crippen LogP contribution >= 0.6 is 11.6 Å². The number of amides is 1. The lowest BCUT2D eigenvalue weighted by Gasteiger charge is -2.04. The Morgan fingerprint density at radius 2 is 2.15 bits per heavy atom. The summed E-state index contributed by atoms with van der Waals surface area (Å²) in [6.45, 7) is 0.306. The van der Waals surface area contributed by atoms with Crippen LogP contribution < -0.4 is 5.32 Å². The molecule has 0 radical (unpaired) electrons. The highest BCUT2D eigenvalue weighted by Crippen LogP contribution is 2.12. The number of hydrogen-bond acceptors (Lipinski definition) is 3. The summed E-state index contributed by atoms with van der Waals surface area (Å²) in [6, 6.07) is 10.7. The highest BCUT2D eigenvalue weighted by Gasteiger charge is 2.09. The van der Waals surface area contributed by atoms with Crippen molar-refractivity contribution in [2.45, 2.75) is 12.3 Å². The molecular weight excluding hydrogens is 298 g/mol. The van der Waals surface area contributed by atoms with Crippen molar-refractivity contribution in [2.24, 2.45) is 0 Å². The fraction of sp³-hybridized carbons (Fsp3) is 0.214. The van der Waals surface area contributed by atoms with Crippen LogP contribution in [0.5, 0.6) is 0 Å². The van der Waals surface area contributed by atoms with Gasteiger partial charge in [-0.05, 0) is 29.8 Å². The lowest BCUT2D eigenvalue weighted by molar-refractivity contribution is -0.118. The molecule has 1 N–H and O–H groups in total. The van der Waals surface area contributed by atoms with Crippen molar-refractivity contribution >= 4 is 28.3 Å². The minimum Gasteiger partial charge on any atom is -0.467 e. The Morgan fingerprint density at radius 1 is 1.30 bits per heavy atom. The fourth-order valence-electron chi connectivity index (χ4n) is 1.66. The summed E-state index contributed by atoms with van der Waals surface area (Å²) in [7, 11) is -1.26. The van der Waals surface area contributed by atoms with Gasteiger partial charge in [0.15, 0.2) is 0 Å². The van der Waals surface area contributed by atoms with Crippen LogP contribution in [-0.2, 0) is 27.9 Å². The van der Waals surface area contributed by atoms with Crippen LogP contribution in [0.25, 0.3) is 0 Å². The summed E-state index contributed by atoms with van der Waals surface area (Å²) < 4.78 is 17.0. The van der Waals surface area contributed by atoms with Gasteiger partial charge in [0, 0.05) is 21.6 Å². The van der Waals surface area contributed by atoms with Gasteiger partial charge in [0.25, 0.3) is 0 Å². The van der Waals surface area contributed by atoms with Gasteiger partial charge in [-0.15, -0.1) is 0 Å². The van der Waals surface area contributed by atoms with Crippen molar-refractivity contribution in [2.75, 3.05) is 5.75 Å². The summed E-state index contributed by atoms with van der Waals surface area (Å²) in [5, 5.41) is 3.26. The van der Waals surface area contributed by atoms with Crippen molar-refractivity contribution in [3.63, 3.8) is 0 Å². The lowest BCUT2D eigenvalue weighted by atomic mass is 10.2. The second-order valence-corrected chi connectivity index (χ2v) is 6.11. The Bertz CT molecular complexity index is 598. The average molecular weight is 312 g/mol. The normalized spacial score (nSPS) is 12.1. The van der Waals surface area contributed by atoms with Gasteiger partial charge in [-0.3, -0.25) is 9.00 Å². The fourth-order valence-corrected chi connectivity index (χ4v) is 2.92. The Hall–Kier alpha value is -1.59. The molecule has 1 amide bonds. The van der Waals surface area contributed by atoms with Gasteiger partial charge in [0.2, 0.25) is 5.91 Å². The minimum atomic E-state index is -1.26. The van der Waals surface area contributed by atoms with Gasteiger partial charge in [0.1, 0.15) is 11.5 Å². The second kappa shape index (κ2) is 7.26. The molecule has 1 aromatic carbocycles. The van der Waals surface area contributed by atoms with E-state index in [-0.39, 0.29) is 11.7 Å². The first-order valence-electron chi connectivity index (χ1n) is 6.02. The third kappa shape index (κ3) is 4.83. The predicted octanol–water partition coefficient (Wildman–Crippen LogP) is 2.50. The standard InChI is InChI=1S/C14H14ClNO3S/c15-12-4-1-3-11(7-12)9-20(18)10-14(17)16-8-13-5-2-6-19-13/h1-7H,8-10H2,(H,16,17)/t20-/m1/s1. The van der Waals surface area contributed by atoms with Crippen molar-refractivity contribution < 1.29 is 13.4 Å². The van der Waals surface area contributed by atoms with E-state index in [2.05, 4.69) is 5.32 Å². The van der Waals surface area contributed by atoms with Crippen molar-refractivity contribution in [3.05, 3.63) is 59.0 Å². The van der Waals surface area contributed by atoms with E-state index in [9.17, 15) is 9.00 Å². The number of carbonyl (C=O) groups is 1. The van der Waals surface area contributed by atoms with Gasteiger partial charge in [0.05, 0.1) is 12.8 Å². The maximum Gasteiger partial charge on any atom is 0.233 e. The molecule has 0 aliphatic heterocycles. The van der Waals surface area contributed by atoms with Crippen LogP contribution in [0.1, 0.15) is 11.3 Å². The van der Waals surface area contributed by atoms with Crippen molar-refractivity contribution in [1.29, 1.82) is 0 Å². The van der Waals surface area contributed by atoms with E-state index >= 15 is 0 Å². The molecule has 0 spiro atoms. The summed E-state index contributed by atoms with van der Waals surface area (Å²) in [5.74, 6) is 0.683. The summed E-state index contributed by atoms with van der Waals surface area (Å²) in [6.07, 6.45) is 1.54. The second-order valence-electron chi connectivity index (χ2n) is 4.21. The largest absolute Gasteiger partial charge is 0.467 e. The summed E-state index contributed by atoms with van der Waals surface area (Å²) in [5.41, 5.74) is 0.856. The number of benzene rings is 1. The van der Waals surface area contributed by atoms with E-state index in [0.29, 0.717) is 23.1 Å². The summed E-state index contributed by atoms with van der Waals surface area (Å²) in [4.78, 5) is 11.6. The number of halogens is 1. The van der Waals surface area contributed by atoms with E-state index in [4.69, 9.17) is 16.0 Å². The van der Waals surface area contributed by atoms with Crippen LogP contribution in [-0.4, -0.2) is 15.9 Å². The maximum absolute atomic E-state index is 11.9. The van der Waals surface area contributed by atoms with E-state index in [1.165, 1.54) is 0 Å². The number of hydrogen-bond donors (Lipinski definition) is 1. The van der Waals surface area contributed by atoms with Crippen molar-refractivity contribution in [3.8, 4) is 0 Å². The first-order valence-corrected chi connectivity index (χ1v) is 7.88. The molecule has 0 aliphatic carbocycles. The highest BCUT2D eigenvalue weighted by atomic mass is 35.5. The van der Waals surface area contributed by atoms with Gasteiger partial charge in [-0.25, -0.2) is 0 Å². The van der Waals surface area contributed by atoms with E-state index in [1.54, 1.807) is 36.6 Å². The van der Waals surface area contributed by atoms with E-state index in [0.717, 1.165) is 5.56 Å². The lowest BCUT2D eigenvalue weighted by Crippen LogP contribution is -2.28. The average Bonchev–Trinajstić information content (AvgIpc) is 2.89. The topological polar surface area (TPSA) is 59.3 Å². The smallest absolute Gasteiger partial charge is 0.233 e. The van der Waals surface area contributed by atoms with Crippen LogP contribution in [0, 0.1) is 0 Å².